The number of carbonyl (C=O) groups excluding carboxylic acids is 1. The van der Waals surface area contributed by atoms with Crippen molar-refractivity contribution in [3.8, 4) is 0 Å². The molecule has 2 N–H and O–H groups in total. The Bertz CT molecular complexity index is 930. The molecule has 156 valence electrons. The largest absolute Gasteiger partial charge is 0.329 e. The van der Waals surface area contributed by atoms with Crippen LogP contribution in [0, 0.1) is 0 Å². The van der Waals surface area contributed by atoms with Crippen LogP contribution in [-0.4, -0.2) is 44.8 Å². The van der Waals surface area contributed by atoms with Gasteiger partial charge in [0, 0.05) is 18.2 Å². The quantitative estimate of drug-likeness (QED) is 0.755. The van der Waals surface area contributed by atoms with Gasteiger partial charge in [0.25, 0.3) is 0 Å². The van der Waals surface area contributed by atoms with E-state index in [1.165, 1.54) is 23.0 Å². The van der Waals surface area contributed by atoms with Crippen LogP contribution < -0.4 is 10.2 Å². The number of anilines is 1. The first-order valence-electron chi connectivity index (χ1n) is 10.1. The molecule has 6 nitrogen and oxygen atoms in total. The van der Waals surface area contributed by atoms with Gasteiger partial charge in [-0.1, -0.05) is 38.1 Å². The van der Waals surface area contributed by atoms with Crippen molar-refractivity contribution in [2.24, 2.45) is 0 Å². The molecule has 2 aromatic carbocycles. The van der Waals surface area contributed by atoms with Gasteiger partial charge in [-0.15, -0.1) is 0 Å². The second-order valence-electron chi connectivity index (χ2n) is 7.93. The van der Waals surface area contributed by atoms with E-state index in [9.17, 15) is 13.2 Å². The predicted octanol–water partition coefficient (Wildman–Crippen LogP) is 1.86. The summed E-state index contributed by atoms with van der Waals surface area (Å²) in [5, 5.41) is 2.65. The van der Waals surface area contributed by atoms with Gasteiger partial charge < -0.3 is 10.2 Å². The molecular formula is C22H30N3O3S+. The Morgan fingerprint density at radius 1 is 1.03 bits per heavy atom. The van der Waals surface area contributed by atoms with E-state index in [-0.39, 0.29) is 10.8 Å². The molecule has 3 rings (SSSR count). The Balaban J connectivity index is 1.58. The van der Waals surface area contributed by atoms with Gasteiger partial charge in [-0.3, -0.25) is 4.79 Å². The van der Waals surface area contributed by atoms with E-state index in [2.05, 4.69) is 43.4 Å². The van der Waals surface area contributed by atoms with Crippen LogP contribution >= 0.6 is 0 Å². The van der Waals surface area contributed by atoms with Crippen LogP contribution in [0.4, 0.5) is 5.69 Å². The third-order valence-corrected chi connectivity index (χ3v) is 7.26. The molecule has 29 heavy (non-hydrogen) atoms. The van der Waals surface area contributed by atoms with Gasteiger partial charge >= 0.3 is 0 Å². The second kappa shape index (κ2) is 9.07. The summed E-state index contributed by atoms with van der Waals surface area (Å²) in [6.45, 7) is 9.30. The fourth-order valence-corrected chi connectivity index (χ4v) is 5.03. The smallest absolute Gasteiger partial charge is 0.243 e. The fraction of sp³-hybridized carbons (Fsp3) is 0.409. The highest BCUT2D eigenvalue weighted by Crippen LogP contribution is 2.19. The number of nitrogens with zero attached hydrogens (tertiary/aromatic N) is 1. The van der Waals surface area contributed by atoms with Crippen LogP contribution in [0.15, 0.2) is 53.4 Å². The molecule has 0 bridgehead atoms. The lowest BCUT2D eigenvalue weighted by atomic mass is 10.0. The summed E-state index contributed by atoms with van der Waals surface area (Å²) < 4.78 is 27.4. The van der Waals surface area contributed by atoms with Crippen LogP contribution in [0.25, 0.3) is 0 Å². The van der Waals surface area contributed by atoms with Gasteiger partial charge in [-0.25, -0.2) is 8.42 Å². The number of amides is 1. The zero-order valence-electron chi connectivity index (χ0n) is 17.3. The first-order valence-corrected chi connectivity index (χ1v) is 11.5. The summed E-state index contributed by atoms with van der Waals surface area (Å²) in [5.41, 5.74) is 3.22. The molecule has 0 radical (unpaired) electrons. The van der Waals surface area contributed by atoms with Crippen molar-refractivity contribution in [2.45, 2.75) is 38.1 Å². The van der Waals surface area contributed by atoms with Crippen molar-refractivity contribution in [1.29, 1.82) is 0 Å². The third kappa shape index (κ3) is 5.44. The average molecular weight is 417 g/mol. The summed E-state index contributed by atoms with van der Waals surface area (Å²) in [5.74, 6) is 0.344. The van der Waals surface area contributed by atoms with Crippen LogP contribution in [0.1, 0.15) is 37.8 Å². The third-order valence-electron chi connectivity index (χ3n) is 5.34. The molecule has 0 aliphatic carbocycles. The summed E-state index contributed by atoms with van der Waals surface area (Å²) >= 11 is 0. The van der Waals surface area contributed by atoms with Gasteiger partial charge in [0.2, 0.25) is 15.9 Å². The Morgan fingerprint density at radius 2 is 1.62 bits per heavy atom. The highest BCUT2D eigenvalue weighted by Gasteiger charge is 2.30. The summed E-state index contributed by atoms with van der Waals surface area (Å²) in [6.07, 6.45) is 0. The van der Waals surface area contributed by atoms with E-state index in [1.54, 1.807) is 28.6 Å². The van der Waals surface area contributed by atoms with Crippen LogP contribution in [0.2, 0.25) is 0 Å². The van der Waals surface area contributed by atoms with E-state index in [1.807, 2.05) is 0 Å². The number of rotatable bonds is 6. The maximum absolute atomic E-state index is 12.9. The maximum atomic E-state index is 12.9. The topological polar surface area (TPSA) is 70.9 Å². The molecule has 1 aliphatic rings. The zero-order valence-corrected chi connectivity index (χ0v) is 18.1. The van der Waals surface area contributed by atoms with Gasteiger partial charge in [-0.2, -0.15) is 4.31 Å². The number of piperazine rings is 1. The first kappa shape index (κ1) is 21.5. The number of benzene rings is 2. The van der Waals surface area contributed by atoms with Gasteiger partial charge in [0.15, 0.2) is 0 Å². The van der Waals surface area contributed by atoms with Crippen molar-refractivity contribution in [2.75, 3.05) is 31.5 Å². The molecule has 0 spiro atoms. The predicted molar refractivity (Wildman–Crippen MR) is 114 cm³/mol. The SMILES string of the molecule is CC(=O)Nc1ccc(S(=O)(=O)N2CC[NH+](Cc3ccc(C(C)C)cc3)CC2)cc1. The number of hydrogen-bond donors (Lipinski definition) is 2. The van der Waals surface area contributed by atoms with Crippen LogP contribution in [-0.2, 0) is 21.4 Å². The minimum Gasteiger partial charge on any atom is -0.329 e. The van der Waals surface area contributed by atoms with Crippen molar-refractivity contribution in [1.82, 2.24) is 4.31 Å². The van der Waals surface area contributed by atoms with E-state index in [0.717, 1.165) is 19.6 Å². The van der Waals surface area contributed by atoms with E-state index < -0.39 is 10.0 Å². The molecule has 1 heterocycles. The lowest BCUT2D eigenvalue weighted by Gasteiger charge is -2.31. The molecule has 1 aliphatic heterocycles. The zero-order chi connectivity index (χ0) is 21.0. The molecule has 0 aromatic heterocycles. The van der Waals surface area contributed by atoms with Crippen molar-refractivity contribution < 1.29 is 18.1 Å². The minimum atomic E-state index is -3.51. The molecule has 1 amide bonds. The Morgan fingerprint density at radius 3 is 2.14 bits per heavy atom. The summed E-state index contributed by atoms with van der Waals surface area (Å²) in [6, 6.07) is 15.1. The second-order valence-corrected chi connectivity index (χ2v) is 9.87. The lowest BCUT2D eigenvalue weighted by molar-refractivity contribution is -0.917. The summed E-state index contributed by atoms with van der Waals surface area (Å²) in [7, 11) is -3.51. The van der Waals surface area contributed by atoms with Crippen LogP contribution in [0.5, 0.6) is 0 Å². The van der Waals surface area contributed by atoms with Crippen molar-refractivity contribution in [3.63, 3.8) is 0 Å². The molecular weight excluding hydrogens is 386 g/mol. The molecule has 1 fully saturated rings. The number of quaternary nitrogens is 1. The summed E-state index contributed by atoms with van der Waals surface area (Å²) in [4.78, 5) is 12.8. The fourth-order valence-electron chi connectivity index (χ4n) is 3.59. The Labute approximate surface area is 173 Å². The standard InChI is InChI=1S/C22H29N3O3S/c1-17(2)20-6-4-19(5-7-20)16-24-12-14-25(15-13-24)29(27,28)22-10-8-21(9-11-22)23-18(3)26/h4-11,17H,12-16H2,1-3H3,(H,23,26)/p+1. The lowest BCUT2D eigenvalue weighted by Crippen LogP contribution is -3.13. The maximum Gasteiger partial charge on any atom is 0.243 e. The molecule has 2 aromatic rings. The normalized spacial score (nSPS) is 16.1. The Kier molecular flexibility index (Phi) is 6.72. The number of carbonyl (C=O) groups is 1. The average Bonchev–Trinajstić information content (AvgIpc) is 2.69. The monoisotopic (exact) mass is 416 g/mol. The van der Waals surface area contributed by atoms with Gasteiger partial charge in [0.05, 0.1) is 31.1 Å². The number of hydrogen-bond acceptors (Lipinski definition) is 3. The van der Waals surface area contributed by atoms with Crippen molar-refractivity contribution >= 4 is 21.6 Å². The van der Waals surface area contributed by atoms with Crippen molar-refractivity contribution in [3.05, 3.63) is 59.7 Å². The van der Waals surface area contributed by atoms with E-state index in [0.29, 0.717) is 24.7 Å². The van der Waals surface area contributed by atoms with Crippen LogP contribution in [0.3, 0.4) is 0 Å². The Hall–Kier alpha value is -2.22. The molecule has 0 saturated carbocycles. The first-order chi connectivity index (χ1) is 13.8. The molecule has 0 unspecified atom stereocenters. The van der Waals surface area contributed by atoms with E-state index in [4.69, 9.17) is 0 Å². The molecule has 1 saturated heterocycles. The molecule has 7 heteroatoms. The van der Waals surface area contributed by atoms with E-state index >= 15 is 0 Å². The number of sulfonamides is 1. The van der Waals surface area contributed by atoms with Gasteiger partial charge in [-0.05, 0) is 35.7 Å². The highest BCUT2D eigenvalue weighted by atomic mass is 32.2. The highest BCUT2D eigenvalue weighted by molar-refractivity contribution is 7.89. The molecule has 0 atom stereocenters. The number of nitrogens with one attached hydrogen (secondary N) is 2. The van der Waals surface area contributed by atoms with Gasteiger partial charge in [0.1, 0.15) is 6.54 Å². The minimum absolute atomic E-state index is 0.182.